The Kier molecular flexibility index (Phi) is 8.40. The molecule has 0 bridgehead atoms. The van der Waals surface area contributed by atoms with Gasteiger partial charge in [0.05, 0.1) is 6.07 Å². The van der Waals surface area contributed by atoms with Crippen molar-refractivity contribution in [2.75, 3.05) is 31.1 Å². The molecule has 0 saturated heterocycles. The molecule has 0 atom stereocenters. The Hall–Kier alpha value is -2.82. The molecule has 1 aliphatic carbocycles. The lowest BCUT2D eigenvalue weighted by Crippen LogP contribution is -3.00. The number of carbonyl (C=O) groups excluding carboxylic acids is 1. The first-order valence-electron chi connectivity index (χ1n) is 11.6. The number of fused-ring (bicyclic) bond motifs is 2. The van der Waals surface area contributed by atoms with Crippen molar-refractivity contribution in [1.29, 1.82) is 0 Å². The van der Waals surface area contributed by atoms with E-state index in [0.717, 1.165) is 70.6 Å². The SMILES string of the molecule is CCN(CC)c1ccc2c(-c3ccccc3C(=O)Cl)c3ccc(=[N+](CC)CC)cc-3oc2c1.[Cl-]. The van der Waals surface area contributed by atoms with E-state index in [1.807, 2.05) is 18.2 Å². The summed E-state index contributed by atoms with van der Waals surface area (Å²) in [5.41, 5.74) is 5.13. The van der Waals surface area contributed by atoms with Crippen molar-refractivity contribution in [2.45, 2.75) is 27.7 Å². The van der Waals surface area contributed by atoms with Crippen molar-refractivity contribution in [3.8, 4) is 22.5 Å². The Morgan fingerprint density at radius 2 is 1.62 bits per heavy atom. The van der Waals surface area contributed by atoms with Gasteiger partial charge in [0, 0.05) is 53.0 Å². The van der Waals surface area contributed by atoms with Gasteiger partial charge in [-0.05, 0) is 69.1 Å². The lowest BCUT2D eigenvalue weighted by Gasteiger charge is -2.22. The second kappa shape index (κ2) is 11.1. The predicted molar refractivity (Wildman–Crippen MR) is 138 cm³/mol. The number of benzene rings is 3. The molecule has 0 aromatic heterocycles. The maximum Gasteiger partial charge on any atom is 0.253 e. The Balaban J connectivity index is 0.00000324. The third-order valence-electron chi connectivity index (χ3n) is 6.35. The van der Waals surface area contributed by atoms with E-state index in [1.54, 1.807) is 6.07 Å². The highest BCUT2D eigenvalue weighted by molar-refractivity contribution is 6.68. The summed E-state index contributed by atoms with van der Waals surface area (Å²) in [6.45, 7) is 12.3. The number of anilines is 1. The third kappa shape index (κ3) is 4.70. The van der Waals surface area contributed by atoms with E-state index >= 15 is 0 Å². The van der Waals surface area contributed by atoms with Gasteiger partial charge in [0.2, 0.25) is 5.36 Å². The largest absolute Gasteiger partial charge is 1.00 e. The molecule has 34 heavy (non-hydrogen) atoms. The van der Waals surface area contributed by atoms with Crippen molar-refractivity contribution in [1.82, 2.24) is 4.58 Å². The van der Waals surface area contributed by atoms with Gasteiger partial charge in [-0.2, -0.15) is 0 Å². The van der Waals surface area contributed by atoms with Gasteiger partial charge in [-0.3, -0.25) is 4.79 Å². The number of hydrogen-bond donors (Lipinski definition) is 0. The molecule has 0 fully saturated rings. The van der Waals surface area contributed by atoms with Crippen LogP contribution in [-0.4, -0.2) is 31.4 Å². The maximum atomic E-state index is 12.3. The first kappa shape index (κ1) is 25.8. The predicted octanol–water partition coefficient (Wildman–Crippen LogP) is 3.25. The fourth-order valence-corrected chi connectivity index (χ4v) is 4.77. The third-order valence-corrected chi connectivity index (χ3v) is 6.56. The van der Waals surface area contributed by atoms with E-state index < -0.39 is 5.24 Å². The van der Waals surface area contributed by atoms with E-state index in [0.29, 0.717) is 5.56 Å². The van der Waals surface area contributed by atoms with Gasteiger partial charge in [-0.25, -0.2) is 4.58 Å². The number of halogens is 2. The number of nitrogens with zero attached hydrogens (tertiary/aromatic N) is 2. The van der Waals surface area contributed by atoms with Crippen molar-refractivity contribution in [3.05, 3.63) is 71.6 Å². The average molecular weight is 497 g/mol. The number of hydrogen-bond acceptors (Lipinski definition) is 3. The van der Waals surface area contributed by atoms with Crippen LogP contribution >= 0.6 is 11.6 Å². The highest BCUT2D eigenvalue weighted by Crippen LogP contribution is 2.42. The van der Waals surface area contributed by atoms with Gasteiger partial charge in [0.25, 0.3) is 5.24 Å². The van der Waals surface area contributed by atoms with E-state index in [4.69, 9.17) is 16.0 Å². The summed E-state index contributed by atoms with van der Waals surface area (Å²) in [4.78, 5) is 14.6. The van der Waals surface area contributed by atoms with Crippen LogP contribution in [0.3, 0.4) is 0 Å². The van der Waals surface area contributed by atoms with Gasteiger partial charge >= 0.3 is 0 Å². The van der Waals surface area contributed by atoms with Crippen molar-refractivity contribution < 1.29 is 21.6 Å². The zero-order chi connectivity index (χ0) is 23.5. The van der Waals surface area contributed by atoms with Crippen LogP contribution in [-0.2, 0) is 0 Å². The van der Waals surface area contributed by atoms with Crippen molar-refractivity contribution >= 4 is 33.5 Å². The fraction of sp³-hybridized carbons (Fsp3) is 0.286. The molecule has 2 aromatic carbocycles. The molecule has 0 saturated carbocycles. The summed E-state index contributed by atoms with van der Waals surface area (Å²) < 4.78 is 8.79. The lowest BCUT2D eigenvalue weighted by molar-refractivity contribution is -0.0000141. The molecule has 178 valence electrons. The van der Waals surface area contributed by atoms with Gasteiger partial charge in [0.1, 0.15) is 24.4 Å². The van der Waals surface area contributed by atoms with Crippen LogP contribution in [0.2, 0.25) is 0 Å². The second-order valence-corrected chi connectivity index (χ2v) is 8.35. The number of rotatable bonds is 7. The minimum Gasteiger partial charge on any atom is -1.00 e. The summed E-state index contributed by atoms with van der Waals surface area (Å²) >= 11 is 5.99. The molecule has 0 amide bonds. The van der Waals surface area contributed by atoms with Crippen LogP contribution in [0.15, 0.2) is 65.1 Å². The molecule has 2 aromatic rings. The lowest BCUT2D eigenvalue weighted by atomic mass is 9.91. The van der Waals surface area contributed by atoms with Crippen LogP contribution in [0.5, 0.6) is 0 Å². The fourth-order valence-electron chi connectivity index (χ4n) is 4.60. The second-order valence-electron chi connectivity index (χ2n) is 8.00. The van der Waals surface area contributed by atoms with E-state index in [2.05, 4.69) is 73.6 Å². The molecule has 4 nitrogen and oxygen atoms in total. The normalized spacial score (nSPS) is 10.9. The van der Waals surface area contributed by atoms with E-state index in [9.17, 15) is 4.79 Å². The van der Waals surface area contributed by atoms with Gasteiger partial charge in [-0.1, -0.05) is 18.2 Å². The minimum absolute atomic E-state index is 0. The molecule has 1 aliphatic heterocycles. The van der Waals surface area contributed by atoms with E-state index in [-0.39, 0.29) is 12.4 Å². The van der Waals surface area contributed by atoms with Crippen LogP contribution in [0.25, 0.3) is 33.4 Å². The number of carbonyl (C=O) groups is 1. The Bertz CT molecular complexity index is 1350. The molecule has 0 radical (unpaired) electrons. The first-order chi connectivity index (χ1) is 16.0. The molecule has 0 unspecified atom stereocenters. The van der Waals surface area contributed by atoms with Crippen LogP contribution in [0.4, 0.5) is 5.69 Å². The van der Waals surface area contributed by atoms with Crippen molar-refractivity contribution in [3.63, 3.8) is 0 Å². The molecule has 6 heteroatoms. The van der Waals surface area contributed by atoms with E-state index in [1.165, 1.54) is 0 Å². The van der Waals surface area contributed by atoms with Gasteiger partial charge in [-0.15, -0.1) is 0 Å². The van der Waals surface area contributed by atoms with Crippen molar-refractivity contribution in [2.24, 2.45) is 0 Å². The molecule has 2 aliphatic rings. The molecule has 4 rings (SSSR count). The Labute approximate surface area is 212 Å². The summed E-state index contributed by atoms with van der Waals surface area (Å²) in [5.74, 6) is 0.787. The summed E-state index contributed by atoms with van der Waals surface area (Å²) in [5, 5.41) is 1.61. The topological polar surface area (TPSA) is 36.5 Å². The average Bonchev–Trinajstić information content (AvgIpc) is 2.84. The zero-order valence-electron chi connectivity index (χ0n) is 20.1. The van der Waals surface area contributed by atoms with Gasteiger partial charge in [0.15, 0.2) is 0 Å². The van der Waals surface area contributed by atoms with Crippen LogP contribution in [0, 0.1) is 0 Å². The minimum atomic E-state index is -0.466. The summed E-state index contributed by atoms with van der Waals surface area (Å²) in [6, 6.07) is 20.1. The maximum absolute atomic E-state index is 12.3. The summed E-state index contributed by atoms with van der Waals surface area (Å²) in [6.07, 6.45) is 0. The zero-order valence-corrected chi connectivity index (χ0v) is 21.6. The van der Waals surface area contributed by atoms with Gasteiger partial charge < -0.3 is 21.7 Å². The molecule has 0 N–H and O–H groups in total. The summed E-state index contributed by atoms with van der Waals surface area (Å²) in [7, 11) is 0. The molecule has 0 spiro atoms. The highest BCUT2D eigenvalue weighted by atomic mass is 35.5. The highest BCUT2D eigenvalue weighted by Gasteiger charge is 2.22. The smallest absolute Gasteiger partial charge is 0.253 e. The van der Waals surface area contributed by atoms with Crippen LogP contribution < -0.4 is 27.2 Å². The Morgan fingerprint density at radius 3 is 2.26 bits per heavy atom. The van der Waals surface area contributed by atoms with Crippen LogP contribution in [0.1, 0.15) is 38.1 Å². The Morgan fingerprint density at radius 1 is 0.912 bits per heavy atom. The first-order valence-corrected chi connectivity index (χ1v) is 12.0. The standard InChI is InChI=1S/C28H30ClN2O2.ClH/c1-5-30(6-2)19-13-15-23-25(17-19)33-26-18-20(31(7-3)8-4)14-16-24(26)27(23)21-11-9-10-12-22(21)28(29)32;/h9-18H,5-8H2,1-4H3;1H/q+1;/p-1. The monoisotopic (exact) mass is 496 g/mol. The molecule has 1 heterocycles. The quantitative estimate of drug-likeness (QED) is 0.224. The molecular weight excluding hydrogens is 467 g/mol. The molecular formula is C28H30Cl2N2O2.